The maximum absolute atomic E-state index is 11.8. The number of halogens is 1. The summed E-state index contributed by atoms with van der Waals surface area (Å²) in [6.45, 7) is 0. The summed E-state index contributed by atoms with van der Waals surface area (Å²) in [5.74, 6) is 2.39. The Balaban J connectivity index is 2.80. The lowest BCUT2D eigenvalue weighted by Crippen LogP contribution is -1.81. The molecule has 0 radical (unpaired) electrons. The molecule has 0 saturated heterocycles. The normalized spacial score (nSPS) is 9.31. The molecule has 0 spiro atoms. The van der Waals surface area contributed by atoms with Crippen molar-refractivity contribution in [3.8, 4) is 12.1 Å². The zero-order valence-electron chi connectivity index (χ0n) is 6.79. The standard InChI is InChI=1S/C11H6FN/c12-7-6-9-3-1-5-11-10(9)4-2-8-13-11/h1-5,8H. The number of nitrogens with zero attached hydrogens (tertiary/aromatic N) is 1. The van der Waals surface area contributed by atoms with Crippen LogP contribution in [0.2, 0.25) is 0 Å². The number of rotatable bonds is 0. The van der Waals surface area contributed by atoms with Gasteiger partial charge in [-0.05, 0) is 24.1 Å². The van der Waals surface area contributed by atoms with Gasteiger partial charge in [-0.3, -0.25) is 4.98 Å². The zero-order chi connectivity index (χ0) is 9.10. The van der Waals surface area contributed by atoms with Crippen LogP contribution in [0.5, 0.6) is 0 Å². The molecule has 0 bridgehead atoms. The summed E-state index contributed by atoms with van der Waals surface area (Å²) in [4.78, 5) is 4.13. The van der Waals surface area contributed by atoms with Gasteiger partial charge in [0.15, 0.2) is 0 Å². The zero-order valence-corrected chi connectivity index (χ0v) is 6.79. The quantitative estimate of drug-likeness (QED) is 0.555. The summed E-state index contributed by atoms with van der Waals surface area (Å²) in [5, 5.41) is 0.884. The van der Waals surface area contributed by atoms with Crippen LogP contribution in [-0.2, 0) is 0 Å². The minimum absolute atomic E-state index is 0.674. The van der Waals surface area contributed by atoms with E-state index in [1.54, 1.807) is 12.3 Å². The summed E-state index contributed by atoms with van der Waals surface area (Å²) in [5.41, 5.74) is 1.51. The van der Waals surface area contributed by atoms with Gasteiger partial charge in [-0.2, -0.15) is 0 Å². The molecule has 0 aliphatic carbocycles. The topological polar surface area (TPSA) is 12.9 Å². The lowest BCUT2D eigenvalue weighted by atomic mass is 10.1. The van der Waals surface area contributed by atoms with Gasteiger partial charge in [0.05, 0.1) is 5.52 Å². The first-order valence-corrected chi connectivity index (χ1v) is 3.87. The number of aromatic nitrogens is 1. The molecular formula is C11H6FN. The second kappa shape index (κ2) is 3.24. The average molecular weight is 171 g/mol. The van der Waals surface area contributed by atoms with Crippen LogP contribution in [0, 0.1) is 12.1 Å². The van der Waals surface area contributed by atoms with Crippen LogP contribution in [0.3, 0.4) is 0 Å². The van der Waals surface area contributed by atoms with Gasteiger partial charge in [0.1, 0.15) is 6.17 Å². The van der Waals surface area contributed by atoms with Crippen LogP contribution in [0.15, 0.2) is 36.5 Å². The minimum Gasteiger partial charge on any atom is -0.256 e. The van der Waals surface area contributed by atoms with E-state index in [4.69, 9.17) is 0 Å². The Hall–Kier alpha value is -1.88. The van der Waals surface area contributed by atoms with Gasteiger partial charge in [0.25, 0.3) is 0 Å². The number of benzene rings is 1. The second-order valence-corrected chi connectivity index (χ2v) is 2.60. The molecule has 0 atom stereocenters. The Morgan fingerprint density at radius 3 is 2.92 bits per heavy atom. The fourth-order valence-corrected chi connectivity index (χ4v) is 1.26. The number of hydrogen-bond acceptors (Lipinski definition) is 1. The molecule has 1 nitrogen and oxygen atoms in total. The first-order valence-electron chi connectivity index (χ1n) is 3.87. The van der Waals surface area contributed by atoms with Crippen molar-refractivity contribution in [2.24, 2.45) is 0 Å². The summed E-state index contributed by atoms with van der Waals surface area (Å²) >= 11 is 0. The van der Waals surface area contributed by atoms with Crippen molar-refractivity contribution in [1.29, 1.82) is 0 Å². The van der Waals surface area contributed by atoms with Gasteiger partial charge in [-0.25, -0.2) is 0 Å². The summed E-state index contributed by atoms with van der Waals surface area (Å²) in [6.07, 6.45) is 3.10. The predicted molar refractivity (Wildman–Crippen MR) is 49.7 cm³/mol. The summed E-state index contributed by atoms with van der Waals surface area (Å²) in [6, 6.07) is 9.15. The van der Waals surface area contributed by atoms with E-state index >= 15 is 0 Å². The molecule has 2 heteroatoms. The van der Waals surface area contributed by atoms with Crippen molar-refractivity contribution in [1.82, 2.24) is 4.98 Å². The molecule has 0 amide bonds. The van der Waals surface area contributed by atoms with Gasteiger partial charge < -0.3 is 0 Å². The first kappa shape index (κ1) is 7.75. The smallest absolute Gasteiger partial charge is 0.111 e. The van der Waals surface area contributed by atoms with E-state index in [-0.39, 0.29) is 0 Å². The van der Waals surface area contributed by atoms with Crippen molar-refractivity contribution >= 4 is 10.9 Å². The Morgan fingerprint density at radius 2 is 2.08 bits per heavy atom. The highest BCUT2D eigenvalue weighted by molar-refractivity contribution is 5.84. The van der Waals surface area contributed by atoms with E-state index < -0.39 is 0 Å². The van der Waals surface area contributed by atoms with E-state index in [1.807, 2.05) is 24.3 Å². The van der Waals surface area contributed by atoms with Gasteiger partial charge in [0.2, 0.25) is 0 Å². The summed E-state index contributed by atoms with van der Waals surface area (Å²) < 4.78 is 11.8. The van der Waals surface area contributed by atoms with Gasteiger partial charge in [-0.1, -0.05) is 12.1 Å². The largest absolute Gasteiger partial charge is 0.256 e. The third-order valence-corrected chi connectivity index (χ3v) is 1.83. The highest BCUT2D eigenvalue weighted by atomic mass is 19.1. The van der Waals surface area contributed by atoms with Crippen molar-refractivity contribution < 1.29 is 4.39 Å². The number of hydrogen-bond donors (Lipinski definition) is 0. The number of fused-ring (bicyclic) bond motifs is 1. The van der Waals surface area contributed by atoms with Gasteiger partial charge in [0, 0.05) is 17.1 Å². The molecule has 1 heterocycles. The highest BCUT2D eigenvalue weighted by Crippen LogP contribution is 2.14. The lowest BCUT2D eigenvalue weighted by molar-refractivity contribution is 0.774. The Labute approximate surface area is 75.2 Å². The molecule has 1 aromatic carbocycles. The van der Waals surface area contributed by atoms with Crippen molar-refractivity contribution in [3.05, 3.63) is 42.1 Å². The fraction of sp³-hybridized carbons (Fsp3) is 0. The fourth-order valence-electron chi connectivity index (χ4n) is 1.26. The molecule has 0 N–H and O–H groups in total. The SMILES string of the molecule is FC#Cc1cccc2ncccc12. The van der Waals surface area contributed by atoms with Gasteiger partial charge >= 0.3 is 0 Å². The molecule has 62 valence electrons. The number of pyridine rings is 1. The van der Waals surface area contributed by atoms with Crippen LogP contribution in [-0.4, -0.2) is 4.98 Å². The van der Waals surface area contributed by atoms with Crippen LogP contribution in [0.1, 0.15) is 5.56 Å². The van der Waals surface area contributed by atoms with Crippen LogP contribution in [0.4, 0.5) is 4.39 Å². The van der Waals surface area contributed by atoms with E-state index in [0.29, 0.717) is 5.56 Å². The van der Waals surface area contributed by atoms with E-state index in [0.717, 1.165) is 10.9 Å². The van der Waals surface area contributed by atoms with Crippen LogP contribution >= 0.6 is 0 Å². The molecule has 1 aromatic heterocycles. The third-order valence-electron chi connectivity index (χ3n) is 1.83. The van der Waals surface area contributed by atoms with Crippen molar-refractivity contribution in [2.45, 2.75) is 0 Å². The molecule has 2 rings (SSSR count). The maximum atomic E-state index is 11.8. The maximum Gasteiger partial charge on any atom is 0.111 e. The van der Waals surface area contributed by atoms with Crippen LogP contribution < -0.4 is 0 Å². The molecule has 0 unspecified atom stereocenters. The monoisotopic (exact) mass is 171 g/mol. The molecule has 0 aliphatic heterocycles. The van der Waals surface area contributed by atoms with E-state index in [9.17, 15) is 4.39 Å². The molecule has 0 aliphatic rings. The van der Waals surface area contributed by atoms with E-state index in [2.05, 4.69) is 10.9 Å². The molecule has 0 saturated carbocycles. The predicted octanol–water partition coefficient (Wildman–Crippen LogP) is 2.51. The first-order chi connectivity index (χ1) is 6.42. The second-order valence-electron chi connectivity index (χ2n) is 2.60. The lowest BCUT2D eigenvalue weighted by Gasteiger charge is -1.97. The molecule has 0 fully saturated rings. The Bertz CT molecular complexity index is 489. The van der Waals surface area contributed by atoms with E-state index in [1.165, 1.54) is 6.17 Å². The molecule has 2 aromatic rings. The molecule has 13 heavy (non-hydrogen) atoms. The van der Waals surface area contributed by atoms with Gasteiger partial charge in [-0.15, -0.1) is 4.39 Å². The minimum atomic E-state index is 0.674. The van der Waals surface area contributed by atoms with Crippen molar-refractivity contribution in [2.75, 3.05) is 0 Å². The Morgan fingerprint density at radius 1 is 1.15 bits per heavy atom. The average Bonchev–Trinajstić information content (AvgIpc) is 2.19. The molecular weight excluding hydrogens is 165 g/mol. The van der Waals surface area contributed by atoms with Crippen molar-refractivity contribution in [3.63, 3.8) is 0 Å². The third kappa shape index (κ3) is 1.36. The highest BCUT2D eigenvalue weighted by Gasteiger charge is 1.96. The van der Waals surface area contributed by atoms with Crippen LogP contribution in [0.25, 0.3) is 10.9 Å². The Kier molecular flexibility index (Phi) is 1.93. The summed E-state index contributed by atoms with van der Waals surface area (Å²) in [7, 11) is 0.